The first kappa shape index (κ1) is 21.0. The summed E-state index contributed by atoms with van der Waals surface area (Å²) in [5.41, 5.74) is -5.39. The van der Waals surface area contributed by atoms with E-state index in [2.05, 4.69) is 25.9 Å². The molecule has 0 saturated heterocycles. The summed E-state index contributed by atoms with van der Waals surface area (Å²) in [6.45, 7) is 0.678. The molecule has 1 aromatic heterocycles. The number of nitrogens with zero attached hydrogens (tertiary/aromatic N) is 2. The van der Waals surface area contributed by atoms with Gasteiger partial charge in [-0.2, -0.15) is 13.8 Å². The van der Waals surface area contributed by atoms with Crippen molar-refractivity contribution in [2.45, 2.75) is 31.4 Å². The molecule has 2 rings (SSSR count). The van der Waals surface area contributed by atoms with Crippen LogP contribution in [0.1, 0.15) is 25.3 Å². The first-order chi connectivity index (χ1) is 11.8. The molecule has 0 amide bonds. The van der Waals surface area contributed by atoms with Gasteiger partial charge in [-0.05, 0) is 25.5 Å². The van der Waals surface area contributed by atoms with Gasteiger partial charge in [0.25, 0.3) is 0 Å². The van der Waals surface area contributed by atoms with Gasteiger partial charge in [0.2, 0.25) is 5.92 Å². The largest absolute Gasteiger partial charge is 0.463 e. The molecule has 12 heteroatoms. The van der Waals surface area contributed by atoms with Crippen LogP contribution in [0.2, 0.25) is 0 Å². The van der Waals surface area contributed by atoms with Crippen LogP contribution in [0.25, 0.3) is 10.9 Å². The standard InChI is InChI=1S/C14H14BrF4N2O4P/c1-13(16,17)3-2-4-25-12-20-7-8-5-10(15)9(6-11(8)21-12)14(18,19)26(22,23)24/h5-7H,2-4H2,1H3,(H2,22,23,24). The predicted octanol–water partition coefficient (Wildman–Crippen LogP) is 4.43. The van der Waals surface area contributed by atoms with Gasteiger partial charge < -0.3 is 14.5 Å². The molecule has 0 spiro atoms. The van der Waals surface area contributed by atoms with Crippen molar-refractivity contribution in [3.05, 3.63) is 28.4 Å². The maximum absolute atomic E-state index is 14.0. The molecule has 0 saturated carbocycles. The lowest BCUT2D eigenvalue weighted by atomic mass is 10.1. The third-order valence-electron chi connectivity index (χ3n) is 3.33. The summed E-state index contributed by atoms with van der Waals surface area (Å²) in [5, 5.41) is 0.314. The van der Waals surface area contributed by atoms with Gasteiger partial charge >= 0.3 is 19.3 Å². The van der Waals surface area contributed by atoms with Crippen molar-refractivity contribution >= 4 is 34.4 Å². The van der Waals surface area contributed by atoms with Crippen molar-refractivity contribution in [2.75, 3.05) is 6.61 Å². The van der Waals surface area contributed by atoms with Crippen molar-refractivity contribution in [3.8, 4) is 6.01 Å². The Labute approximate surface area is 153 Å². The van der Waals surface area contributed by atoms with E-state index in [4.69, 9.17) is 14.5 Å². The monoisotopic (exact) mass is 460 g/mol. The highest BCUT2D eigenvalue weighted by Gasteiger charge is 2.51. The van der Waals surface area contributed by atoms with Gasteiger partial charge in [0.15, 0.2) is 0 Å². The third kappa shape index (κ3) is 4.91. The zero-order chi connectivity index (χ0) is 19.8. The molecule has 2 N–H and O–H groups in total. The lowest BCUT2D eigenvalue weighted by Gasteiger charge is -2.19. The van der Waals surface area contributed by atoms with Crippen LogP contribution in [0.15, 0.2) is 22.8 Å². The van der Waals surface area contributed by atoms with E-state index in [1.807, 2.05) is 0 Å². The number of ether oxygens (including phenoxy) is 1. The first-order valence-electron chi connectivity index (χ1n) is 7.22. The molecule has 0 unspecified atom stereocenters. The Kier molecular flexibility index (Phi) is 5.96. The second kappa shape index (κ2) is 7.38. The highest BCUT2D eigenvalue weighted by Crippen LogP contribution is 2.60. The van der Waals surface area contributed by atoms with Gasteiger partial charge in [0.1, 0.15) is 0 Å². The smallest absolute Gasteiger partial charge is 0.399 e. The number of hydrogen-bond acceptors (Lipinski definition) is 4. The Hall–Kier alpha value is -1.29. The minimum absolute atomic E-state index is 0.0345. The highest BCUT2D eigenvalue weighted by molar-refractivity contribution is 9.10. The van der Waals surface area contributed by atoms with E-state index >= 15 is 0 Å². The van der Waals surface area contributed by atoms with Crippen LogP contribution in [-0.4, -0.2) is 32.3 Å². The summed E-state index contributed by atoms with van der Waals surface area (Å²) >= 11 is 2.85. The molecular weight excluding hydrogens is 447 g/mol. The SMILES string of the molecule is CC(F)(F)CCCOc1ncc2cc(Br)c(C(F)(F)P(=O)(O)O)cc2n1. The van der Waals surface area contributed by atoms with Gasteiger partial charge in [-0.25, -0.2) is 13.8 Å². The van der Waals surface area contributed by atoms with Crippen LogP contribution in [0.4, 0.5) is 17.6 Å². The lowest BCUT2D eigenvalue weighted by molar-refractivity contribution is 0.00741. The van der Waals surface area contributed by atoms with Crippen molar-refractivity contribution < 1.29 is 36.7 Å². The number of rotatable bonds is 7. The fourth-order valence-corrected chi connectivity index (χ4v) is 3.30. The molecule has 2 aromatic rings. The van der Waals surface area contributed by atoms with Gasteiger partial charge in [-0.1, -0.05) is 15.9 Å². The minimum Gasteiger partial charge on any atom is -0.463 e. The van der Waals surface area contributed by atoms with Crippen LogP contribution in [0.3, 0.4) is 0 Å². The summed E-state index contributed by atoms with van der Waals surface area (Å²) in [5.74, 6) is -2.83. The topological polar surface area (TPSA) is 92.5 Å². The van der Waals surface area contributed by atoms with Gasteiger partial charge in [0.05, 0.1) is 12.1 Å². The fourth-order valence-electron chi connectivity index (χ4n) is 2.04. The third-order valence-corrected chi connectivity index (χ3v) is 4.96. The zero-order valence-electron chi connectivity index (χ0n) is 13.3. The van der Waals surface area contributed by atoms with E-state index in [1.54, 1.807) is 0 Å². The number of halogens is 5. The van der Waals surface area contributed by atoms with Gasteiger partial charge in [-0.3, -0.25) is 4.57 Å². The molecule has 0 fully saturated rings. The minimum atomic E-state index is -5.75. The maximum atomic E-state index is 14.0. The van der Waals surface area contributed by atoms with Crippen molar-refractivity contribution in [1.82, 2.24) is 9.97 Å². The van der Waals surface area contributed by atoms with E-state index in [-0.39, 0.29) is 29.0 Å². The zero-order valence-corrected chi connectivity index (χ0v) is 15.8. The van der Waals surface area contributed by atoms with Crippen LogP contribution in [0, 0.1) is 0 Å². The molecule has 1 aromatic carbocycles. The second-order valence-corrected chi connectivity index (χ2v) is 8.16. The van der Waals surface area contributed by atoms with Crippen LogP contribution < -0.4 is 4.74 Å². The Balaban J connectivity index is 2.28. The van der Waals surface area contributed by atoms with Gasteiger partial charge in [0, 0.05) is 28.0 Å². The second-order valence-electron chi connectivity index (χ2n) is 5.65. The average Bonchev–Trinajstić information content (AvgIpc) is 2.49. The number of aromatic nitrogens is 2. The van der Waals surface area contributed by atoms with E-state index in [0.29, 0.717) is 5.39 Å². The maximum Gasteiger partial charge on any atom is 0.399 e. The molecule has 0 radical (unpaired) electrons. The molecule has 0 aliphatic carbocycles. The molecule has 1 heterocycles. The molecular formula is C14H14BrF4N2O4P. The number of alkyl halides is 4. The predicted molar refractivity (Wildman–Crippen MR) is 88.5 cm³/mol. The Morgan fingerprint density at radius 1 is 1.27 bits per heavy atom. The lowest BCUT2D eigenvalue weighted by Crippen LogP contribution is -2.14. The molecule has 26 heavy (non-hydrogen) atoms. The summed E-state index contributed by atoms with van der Waals surface area (Å²) in [4.78, 5) is 25.5. The molecule has 0 atom stereocenters. The average molecular weight is 461 g/mol. The van der Waals surface area contributed by atoms with E-state index < -0.39 is 31.2 Å². The number of fused-ring (bicyclic) bond motifs is 1. The molecule has 6 nitrogen and oxygen atoms in total. The number of benzene rings is 1. The first-order valence-corrected chi connectivity index (χ1v) is 9.63. The molecule has 144 valence electrons. The summed E-state index contributed by atoms with van der Waals surface area (Å²) in [6.07, 6.45) is 0.898. The van der Waals surface area contributed by atoms with E-state index in [9.17, 15) is 22.1 Å². The summed E-state index contributed by atoms with van der Waals surface area (Å²) in [6, 6.07) is 1.78. The number of hydrogen-bond donors (Lipinski definition) is 2. The Morgan fingerprint density at radius 2 is 1.92 bits per heavy atom. The molecule has 0 bridgehead atoms. The van der Waals surface area contributed by atoms with E-state index in [0.717, 1.165) is 13.0 Å². The van der Waals surface area contributed by atoms with Crippen LogP contribution >= 0.6 is 23.5 Å². The van der Waals surface area contributed by atoms with Crippen molar-refractivity contribution in [1.29, 1.82) is 0 Å². The summed E-state index contributed by atoms with van der Waals surface area (Å²) < 4.78 is 69.4. The Bertz CT molecular complexity index is 857. The van der Waals surface area contributed by atoms with E-state index in [1.165, 1.54) is 12.3 Å². The van der Waals surface area contributed by atoms with Crippen LogP contribution in [-0.2, 0) is 10.2 Å². The highest BCUT2D eigenvalue weighted by atomic mass is 79.9. The van der Waals surface area contributed by atoms with Crippen molar-refractivity contribution in [2.24, 2.45) is 0 Å². The molecule has 0 aliphatic heterocycles. The quantitative estimate of drug-likeness (QED) is 0.360. The molecule has 0 aliphatic rings. The Morgan fingerprint density at radius 3 is 2.50 bits per heavy atom. The van der Waals surface area contributed by atoms with Gasteiger partial charge in [-0.15, -0.1) is 0 Å². The summed E-state index contributed by atoms with van der Waals surface area (Å²) in [7, 11) is -5.75. The van der Waals surface area contributed by atoms with Crippen LogP contribution in [0.5, 0.6) is 6.01 Å². The van der Waals surface area contributed by atoms with Crippen molar-refractivity contribution in [3.63, 3.8) is 0 Å². The fraction of sp³-hybridized carbons (Fsp3) is 0.429. The normalized spacial score (nSPS) is 13.2.